The summed E-state index contributed by atoms with van der Waals surface area (Å²) in [5.41, 5.74) is 1.73. The number of pyridine rings is 1. The second-order valence-corrected chi connectivity index (χ2v) is 8.25. The minimum atomic E-state index is 0.0219. The summed E-state index contributed by atoms with van der Waals surface area (Å²) in [7, 11) is 0. The van der Waals surface area contributed by atoms with Gasteiger partial charge in [-0.2, -0.15) is 0 Å². The molecule has 1 saturated heterocycles. The zero-order valence-corrected chi connectivity index (χ0v) is 16.3. The van der Waals surface area contributed by atoms with Crippen LogP contribution >= 0.6 is 0 Å². The molecule has 1 saturated carbocycles. The van der Waals surface area contributed by atoms with Crippen molar-refractivity contribution < 1.29 is 4.74 Å². The molecule has 2 fully saturated rings. The van der Waals surface area contributed by atoms with Crippen molar-refractivity contribution in [2.24, 2.45) is 5.92 Å². The number of nitrogens with one attached hydrogen (secondary N) is 1. The molecular formula is C23H32N2O2. The summed E-state index contributed by atoms with van der Waals surface area (Å²) in [6, 6.07) is 8.01. The summed E-state index contributed by atoms with van der Waals surface area (Å²) >= 11 is 0. The summed E-state index contributed by atoms with van der Waals surface area (Å²) in [5, 5.41) is 1.04. The van der Waals surface area contributed by atoms with Crippen LogP contribution in [-0.4, -0.2) is 36.1 Å². The third kappa shape index (κ3) is 4.92. The zero-order chi connectivity index (χ0) is 18.5. The number of unbranched alkanes of at least 4 members (excludes halogenated alkanes) is 2. The van der Waals surface area contributed by atoms with Crippen molar-refractivity contribution in [1.29, 1.82) is 0 Å². The standard InChI is InChI=1S/C23H32N2O2/c26-23-20(10-3-1-2-8-18-12-13-18)22(19-9-4-5-11-21(19)24-23)27-17-7-16-25-14-6-15-25/h4-5,9,11,18H,1-3,6-8,10,12-17H2,(H,24,26). The van der Waals surface area contributed by atoms with E-state index in [1.54, 1.807) is 0 Å². The van der Waals surface area contributed by atoms with Crippen molar-refractivity contribution in [3.8, 4) is 5.75 Å². The molecule has 27 heavy (non-hydrogen) atoms. The van der Waals surface area contributed by atoms with Crippen LogP contribution in [0, 0.1) is 5.92 Å². The Hall–Kier alpha value is -1.81. The number of hydrogen-bond donors (Lipinski definition) is 1. The van der Waals surface area contributed by atoms with E-state index in [0.717, 1.165) is 53.9 Å². The molecule has 0 atom stereocenters. The van der Waals surface area contributed by atoms with E-state index in [1.165, 1.54) is 51.6 Å². The molecule has 0 bridgehead atoms. The Morgan fingerprint density at radius 2 is 1.93 bits per heavy atom. The lowest BCUT2D eigenvalue weighted by molar-refractivity contribution is 0.165. The molecule has 0 radical (unpaired) electrons. The highest BCUT2D eigenvalue weighted by atomic mass is 16.5. The van der Waals surface area contributed by atoms with Crippen LogP contribution < -0.4 is 10.3 Å². The molecule has 2 heterocycles. The maximum Gasteiger partial charge on any atom is 0.255 e. The summed E-state index contributed by atoms with van der Waals surface area (Å²) < 4.78 is 6.21. The number of aromatic nitrogens is 1. The van der Waals surface area contributed by atoms with Gasteiger partial charge in [0.1, 0.15) is 5.75 Å². The number of benzene rings is 1. The average Bonchev–Trinajstić information content (AvgIpc) is 3.45. The third-order valence-corrected chi connectivity index (χ3v) is 6.02. The van der Waals surface area contributed by atoms with Gasteiger partial charge in [0.25, 0.3) is 5.56 Å². The number of aromatic amines is 1. The normalized spacial score (nSPS) is 17.2. The molecule has 0 unspecified atom stereocenters. The Bertz CT molecular complexity index is 806. The number of hydrogen-bond acceptors (Lipinski definition) is 3. The van der Waals surface area contributed by atoms with Crippen LogP contribution in [0.5, 0.6) is 5.75 Å². The quantitative estimate of drug-likeness (QED) is 0.593. The fourth-order valence-electron chi connectivity index (χ4n) is 4.03. The first-order valence-corrected chi connectivity index (χ1v) is 10.8. The molecule has 1 N–H and O–H groups in total. The van der Waals surface area contributed by atoms with E-state index in [1.807, 2.05) is 18.2 Å². The predicted molar refractivity (Wildman–Crippen MR) is 111 cm³/mol. The fourth-order valence-corrected chi connectivity index (χ4v) is 4.03. The highest BCUT2D eigenvalue weighted by Gasteiger charge is 2.20. The van der Waals surface area contributed by atoms with Crippen molar-refractivity contribution in [2.45, 2.75) is 57.8 Å². The Kier molecular flexibility index (Phi) is 6.13. The monoisotopic (exact) mass is 368 g/mol. The molecule has 0 amide bonds. The molecule has 146 valence electrons. The van der Waals surface area contributed by atoms with Gasteiger partial charge in [-0.15, -0.1) is 0 Å². The maximum absolute atomic E-state index is 12.7. The molecule has 1 aliphatic carbocycles. The highest BCUT2D eigenvalue weighted by Crippen LogP contribution is 2.34. The van der Waals surface area contributed by atoms with Crippen molar-refractivity contribution >= 4 is 10.9 Å². The van der Waals surface area contributed by atoms with Gasteiger partial charge in [-0.25, -0.2) is 0 Å². The van der Waals surface area contributed by atoms with Crippen LogP contribution in [0.15, 0.2) is 29.1 Å². The first-order valence-electron chi connectivity index (χ1n) is 10.8. The second kappa shape index (κ2) is 8.92. The number of para-hydroxylation sites is 1. The van der Waals surface area contributed by atoms with E-state index >= 15 is 0 Å². The lowest BCUT2D eigenvalue weighted by Crippen LogP contribution is -2.38. The fraction of sp³-hybridized carbons (Fsp3) is 0.609. The van der Waals surface area contributed by atoms with Gasteiger partial charge < -0.3 is 14.6 Å². The van der Waals surface area contributed by atoms with Gasteiger partial charge in [0.05, 0.1) is 17.7 Å². The van der Waals surface area contributed by atoms with Crippen LogP contribution in [0.2, 0.25) is 0 Å². The summed E-state index contributed by atoms with van der Waals surface area (Å²) in [6.45, 7) is 4.22. The minimum Gasteiger partial charge on any atom is -0.492 e. The van der Waals surface area contributed by atoms with Gasteiger partial charge in [0.2, 0.25) is 0 Å². The van der Waals surface area contributed by atoms with Gasteiger partial charge in [0.15, 0.2) is 0 Å². The molecule has 4 nitrogen and oxygen atoms in total. The SMILES string of the molecule is O=c1[nH]c2ccccc2c(OCCCN2CCC2)c1CCCCCC1CC1. The topological polar surface area (TPSA) is 45.3 Å². The Morgan fingerprint density at radius 1 is 1.07 bits per heavy atom. The largest absolute Gasteiger partial charge is 0.492 e. The lowest BCUT2D eigenvalue weighted by Gasteiger charge is -2.30. The van der Waals surface area contributed by atoms with Gasteiger partial charge in [0, 0.05) is 11.9 Å². The first-order chi connectivity index (χ1) is 13.3. The van der Waals surface area contributed by atoms with E-state index in [4.69, 9.17) is 4.74 Å². The molecular weight excluding hydrogens is 336 g/mol. The summed E-state index contributed by atoms with van der Waals surface area (Å²) in [6.07, 6.45) is 10.9. The molecule has 2 aromatic rings. The molecule has 4 rings (SSSR count). The number of ether oxygens (including phenoxy) is 1. The Labute approximate surface area is 161 Å². The number of rotatable bonds is 11. The number of H-pyrrole nitrogens is 1. The van der Waals surface area contributed by atoms with E-state index in [-0.39, 0.29) is 5.56 Å². The molecule has 1 aliphatic heterocycles. The van der Waals surface area contributed by atoms with Crippen LogP contribution in [-0.2, 0) is 6.42 Å². The van der Waals surface area contributed by atoms with Gasteiger partial charge in [-0.05, 0) is 56.8 Å². The Morgan fingerprint density at radius 3 is 2.70 bits per heavy atom. The third-order valence-electron chi connectivity index (χ3n) is 6.02. The molecule has 0 spiro atoms. The molecule has 2 aliphatic rings. The smallest absolute Gasteiger partial charge is 0.255 e. The van der Waals surface area contributed by atoms with E-state index in [0.29, 0.717) is 6.61 Å². The molecule has 4 heteroatoms. The summed E-state index contributed by atoms with van der Waals surface area (Å²) in [5.74, 6) is 1.82. The van der Waals surface area contributed by atoms with Crippen molar-refractivity contribution in [3.05, 3.63) is 40.2 Å². The maximum atomic E-state index is 12.7. The zero-order valence-electron chi connectivity index (χ0n) is 16.3. The predicted octanol–water partition coefficient (Wildman–Crippen LogP) is 4.52. The van der Waals surface area contributed by atoms with Crippen molar-refractivity contribution in [1.82, 2.24) is 9.88 Å². The van der Waals surface area contributed by atoms with E-state index in [2.05, 4.69) is 16.0 Å². The van der Waals surface area contributed by atoms with E-state index < -0.39 is 0 Å². The number of nitrogens with zero attached hydrogens (tertiary/aromatic N) is 1. The molecule has 1 aromatic carbocycles. The number of likely N-dealkylation sites (tertiary alicyclic amines) is 1. The summed E-state index contributed by atoms with van der Waals surface area (Å²) in [4.78, 5) is 18.2. The molecule has 1 aromatic heterocycles. The number of fused-ring (bicyclic) bond motifs is 1. The van der Waals surface area contributed by atoms with Crippen LogP contribution in [0.3, 0.4) is 0 Å². The average molecular weight is 369 g/mol. The first kappa shape index (κ1) is 18.5. The van der Waals surface area contributed by atoms with Crippen LogP contribution in [0.4, 0.5) is 0 Å². The highest BCUT2D eigenvalue weighted by molar-refractivity contribution is 5.86. The minimum absolute atomic E-state index is 0.0219. The second-order valence-electron chi connectivity index (χ2n) is 8.25. The van der Waals surface area contributed by atoms with Crippen molar-refractivity contribution in [2.75, 3.05) is 26.2 Å². The van der Waals surface area contributed by atoms with Crippen LogP contribution in [0.1, 0.15) is 56.9 Å². The van der Waals surface area contributed by atoms with Gasteiger partial charge >= 0.3 is 0 Å². The van der Waals surface area contributed by atoms with Crippen molar-refractivity contribution in [3.63, 3.8) is 0 Å². The van der Waals surface area contributed by atoms with Gasteiger partial charge in [-0.1, -0.05) is 44.2 Å². The van der Waals surface area contributed by atoms with Crippen LogP contribution in [0.25, 0.3) is 10.9 Å². The lowest BCUT2D eigenvalue weighted by atomic mass is 10.0. The van der Waals surface area contributed by atoms with E-state index in [9.17, 15) is 4.79 Å². The van der Waals surface area contributed by atoms with Gasteiger partial charge in [-0.3, -0.25) is 4.79 Å². The Balaban J connectivity index is 1.41.